The topological polar surface area (TPSA) is 87.7 Å². The molecule has 2 aromatic heterocycles. The van der Waals surface area contributed by atoms with Gasteiger partial charge in [0.15, 0.2) is 5.13 Å². The lowest BCUT2D eigenvalue weighted by Gasteiger charge is -2.03. The van der Waals surface area contributed by atoms with E-state index in [0.717, 1.165) is 10.2 Å². The Bertz CT molecular complexity index is 1190. The molecule has 0 atom stereocenters. The molecule has 4 rings (SSSR count). The molecule has 0 radical (unpaired) electrons. The average molecular weight is 378 g/mol. The summed E-state index contributed by atoms with van der Waals surface area (Å²) >= 11 is 1.45. The van der Waals surface area contributed by atoms with Crippen LogP contribution in [0.4, 0.5) is 5.13 Å². The van der Waals surface area contributed by atoms with Crippen LogP contribution >= 0.6 is 11.3 Å². The Kier molecular flexibility index (Phi) is 4.45. The Balaban J connectivity index is 1.47. The van der Waals surface area contributed by atoms with Gasteiger partial charge in [0, 0.05) is 12.8 Å². The lowest BCUT2D eigenvalue weighted by molar-refractivity contribution is -0.116. The zero-order chi connectivity index (χ0) is 19.0. The van der Waals surface area contributed by atoms with Crippen LogP contribution in [0, 0.1) is 13.8 Å². The first kappa shape index (κ1) is 17.4. The van der Waals surface area contributed by atoms with Gasteiger partial charge in [-0.05, 0) is 49.2 Å². The van der Waals surface area contributed by atoms with Crippen LogP contribution in [0.3, 0.4) is 0 Å². The van der Waals surface area contributed by atoms with Crippen LogP contribution in [0.5, 0.6) is 0 Å². The number of anilines is 1. The Morgan fingerprint density at radius 1 is 1.11 bits per heavy atom. The molecular weight excluding hydrogens is 360 g/mol. The first-order valence-electron chi connectivity index (χ1n) is 8.65. The molecule has 2 aromatic carbocycles. The van der Waals surface area contributed by atoms with Gasteiger partial charge in [0.25, 0.3) is 5.56 Å². The molecule has 0 bridgehead atoms. The molecule has 2 N–H and O–H groups in total. The Labute approximate surface area is 159 Å². The van der Waals surface area contributed by atoms with E-state index in [0.29, 0.717) is 21.9 Å². The van der Waals surface area contributed by atoms with Gasteiger partial charge in [-0.15, -0.1) is 0 Å². The first-order chi connectivity index (χ1) is 13.0. The minimum Gasteiger partial charge on any atom is -0.319 e. The van der Waals surface area contributed by atoms with Crippen molar-refractivity contribution in [2.75, 3.05) is 5.32 Å². The van der Waals surface area contributed by atoms with E-state index in [1.807, 2.05) is 31.2 Å². The number of aromatic nitrogens is 3. The summed E-state index contributed by atoms with van der Waals surface area (Å²) in [6.45, 7) is 4.10. The highest BCUT2D eigenvalue weighted by Gasteiger charge is 2.11. The summed E-state index contributed by atoms with van der Waals surface area (Å²) in [5, 5.41) is 3.40. The second-order valence-electron chi connectivity index (χ2n) is 6.50. The number of para-hydroxylation sites is 2. The molecule has 0 saturated carbocycles. The van der Waals surface area contributed by atoms with E-state index in [1.54, 1.807) is 6.07 Å². The fraction of sp³-hybridized carbons (Fsp3) is 0.200. The monoisotopic (exact) mass is 378 g/mol. The van der Waals surface area contributed by atoms with E-state index >= 15 is 0 Å². The number of nitrogens with zero attached hydrogens (tertiary/aromatic N) is 2. The highest BCUT2D eigenvalue weighted by molar-refractivity contribution is 7.22. The second-order valence-corrected chi connectivity index (χ2v) is 7.53. The lowest BCUT2D eigenvalue weighted by Crippen LogP contribution is -2.18. The molecule has 7 heteroatoms. The molecule has 136 valence electrons. The zero-order valence-electron chi connectivity index (χ0n) is 15.0. The standard InChI is InChI=1S/C20H18N4O2S/c1-11-9-16-17(10-12(11)2)27-20(23-16)24-18(25)8-7-15-19(26)22-14-6-4-3-5-13(14)21-15/h3-6,9-10H,7-8H2,1-2H3,(H,22,26)(H,23,24,25). The third kappa shape index (κ3) is 3.59. The van der Waals surface area contributed by atoms with Crippen LogP contribution in [0.1, 0.15) is 23.2 Å². The Morgan fingerprint density at radius 2 is 1.89 bits per heavy atom. The maximum Gasteiger partial charge on any atom is 0.270 e. The van der Waals surface area contributed by atoms with Gasteiger partial charge in [0.2, 0.25) is 5.91 Å². The highest BCUT2D eigenvalue weighted by Crippen LogP contribution is 2.28. The molecule has 1 amide bonds. The quantitative estimate of drug-likeness (QED) is 0.566. The SMILES string of the molecule is Cc1cc2nc(NC(=O)CCc3nc4ccccc4[nH]c3=O)sc2cc1C. The zero-order valence-corrected chi connectivity index (χ0v) is 15.8. The lowest BCUT2D eigenvalue weighted by atomic mass is 10.1. The molecule has 0 fully saturated rings. The number of aryl methyl sites for hydroxylation is 3. The molecule has 0 spiro atoms. The molecule has 0 aliphatic rings. The van der Waals surface area contributed by atoms with Crippen molar-refractivity contribution in [1.29, 1.82) is 0 Å². The predicted molar refractivity (Wildman–Crippen MR) is 108 cm³/mol. The predicted octanol–water partition coefficient (Wildman–Crippen LogP) is 3.72. The summed E-state index contributed by atoms with van der Waals surface area (Å²) in [6.07, 6.45) is 0.442. The molecule has 0 unspecified atom stereocenters. The summed E-state index contributed by atoms with van der Waals surface area (Å²) in [4.78, 5) is 36.1. The summed E-state index contributed by atoms with van der Waals surface area (Å²) in [5.74, 6) is -0.183. The molecule has 4 aromatic rings. The number of hydrogen-bond donors (Lipinski definition) is 2. The van der Waals surface area contributed by atoms with E-state index in [2.05, 4.69) is 33.3 Å². The van der Waals surface area contributed by atoms with Gasteiger partial charge in [0.05, 0.1) is 21.3 Å². The van der Waals surface area contributed by atoms with E-state index in [-0.39, 0.29) is 24.3 Å². The van der Waals surface area contributed by atoms with Crippen LogP contribution < -0.4 is 10.9 Å². The largest absolute Gasteiger partial charge is 0.319 e. The average Bonchev–Trinajstić information content (AvgIpc) is 3.01. The number of carbonyl (C=O) groups is 1. The number of fused-ring (bicyclic) bond motifs is 2. The number of benzene rings is 2. The summed E-state index contributed by atoms with van der Waals surface area (Å²) in [5.41, 5.74) is 4.76. The number of aromatic amines is 1. The van der Waals surface area contributed by atoms with E-state index < -0.39 is 0 Å². The fourth-order valence-electron chi connectivity index (χ4n) is 2.88. The fourth-order valence-corrected chi connectivity index (χ4v) is 3.85. The summed E-state index contributed by atoms with van der Waals surface area (Å²) in [7, 11) is 0. The molecule has 0 aliphatic heterocycles. The van der Waals surface area contributed by atoms with Crippen molar-refractivity contribution in [3.05, 3.63) is 63.6 Å². The van der Waals surface area contributed by atoms with Gasteiger partial charge >= 0.3 is 0 Å². The second kappa shape index (κ2) is 6.92. The molecule has 27 heavy (non-hydrogen) atoms. The smallest absolute Gasteiger partial charge is 0.270 e. The third-order valence-electron chi connectivity index (χ3n) is 4.51. The van der Waals surface area contributed by atoms with Crippen LogP contribution in [0.15, 0.2) is 41.2 Å². The molecule has 0 aliphatic carbocycles. The van der Waals surface area contributed by atoms with Gasteiger partial charge in [-0.25, -0.2) is 9.97 Å². The van der Waals surface area contributed by atoms with E-state index in [1.165, 1.54) is 22.5 Å². The number of thiazole rings is 1. The minimum atomic E-state index is -0.257. The molecule has 6 nitrogen and oxygen atoms in total. The van der Waals surface area contributed by atoms with E-state index in [9.17, 15) is 9.59 Å². The van der Waals surface area contributed by atoms with Crippen LogP contribution in [0.2, 0.25) is 0 Å². The maximum absolute atomic E-state index is 12.3. The number of hydrogen-bond acceptors (Lipinski definition) is 5. The van der Waals surface area contributed by atoms with Crippen molar-refractivity contribution in [2.45, 2.75) is 26.7 Å². The van der Waals surface area contributed by atoms with Crippen LogP contribution in [-0.4, -0.2) is 20.9 Å². The minimum absolute atomic E-state index is 0.169. The van der Waals surface area contributed by atoms with Gasteiger partial charge < -0.3 is 10.3 Å². The van der Waals surface area contributed by atoms with Crippen molar-refractivity contribution >= 4 is 43.6 Å². The summed E-state index contributed by atoms with van der Waals surface area (Å²) < 4.78 is 1.04. The highest BCUT2D eigenvalue weighted by atomic mass is 32.1. The van der Waals surface area contributed by atoms with Crippen molar-refractivity contribution in [2.24, 2.45) is 0 Å². The third-order valence-corrected chi connectivity index (χ3v) is 5.44. The normalized spacial score (nSPS) is 11.2. The van der Waals surface area contributed by atoms with Gasteiger partial charge in [0.1, 0.15) is 5.69 Å². The number of amides is 1. The van der Waals surface area contributed by atoms with Crippen LogP contribution in [-0.2, 0) is 11.2 Å². The first-order valence-corrected chi connectivity index (χ1v) is 9.47. The number of carbonyl (C=O) groups excluding carboxylic acids is 1. The Morgan fingerprint density at radius 3 is 2.74 bits per heavy atom. The van der Waals surface area contributed by atoms with Crippen molar-refractivity contribution in [3.8, 4) is 0 Å². The summed E-state index contributed by atoms with van der Waals surface area (Å²) in [6, 6.07) is 11.4. The Hall–Kier alpha value is -3.06. The van der Waals surface area contributed by atoms with Gasteiger partial charge in [-0.3, -0.25) is 9.59 Å². The van der Waals surface area contributed by atoms with Crippen molar-refractivity contribution < 1.29 is 4.79 Å². The van der Waals surface area contributed by atoms with E-state index in [4.69, 9.17) is 0 Å². The molecule has 2 heterocycles. The van der Waals surface area contributed by atoms with Crippen molar-refractivity contribution in [3.63, 3.8) is 0 Å². The molecular formula is C20H18N4O2S. The number of nitrogens with one attached hydrogen (secondary N) is 2. The number of H-pyrrole nitrogens is 1. The molecule has 0 saturated heterocycles. The number of rotatable bonds is 4. The van der Waals surface area contributed by atoms with Gasteiger partial charge in [-0.2, -0.15) is 0 Å². The van der Waals surface area contributed by atoms with Gasteiger partial charge in [-0.1, -0.05) is 23.5 Å². The van der Waals surface area contributed by atoms with Crippen LogP contribution in [0.25, 0.3) is 21.3 Å². The maximum atomic E-state index is 12.3. The van der Waals surface area contributed by atoms with Crippen molar-refractivity contribution in [1.82, 2.24) is 15.0 Å².